The third-order valence-corrected chi connectivity index (χ3v) is 4.34. The van der Waals surface area contributed by atoms with Crippen LogP contribution in [0.2, 0.25) is 5.02 Å². The van der Waals surface area contributed by atoms with E-state index in [9.17, 15) is 18.0 Å². The number of alkyl halides is 3. The molecule has 2 aromatic rings. The van der Waals surface area contributed by atoms with Gasteiger partial charge in [-0.2, -0.15) is 18.2 Å². The molecule has 24 heavy (non-hydrogen) atoms. The van der Waals surface area contributed by atoms with Gasteiger partial charge < -0.3 is 0 Å². The molecule has 1 heterocycles. The minimum Gasteiger partial charge on any atom is -0.268 e. The topological polar surface area (TPSA) is 29.5 Å². The fraction of sp³-hybridized carbons (Fsp3) is 0.235. The fourth-order valence-corrected chi connectivity index (χ4v) is 3.06. The van der Waals surface area contributed by atoms with Crippen LogP contribution in [0.1, 0.15) is 24.5 Å². The normalized spacial score (nSPS) is 20.9. The van der Waals surface area contributed by atoms with Crippen LogP contribution in [0, 0.1) is 0 Å². The third kappa shape index (κ3) is 2.46. The van der Waals surface area contributed by atoms with Crippen molar-refractivity contribution in [1.29, 1.82) is 0 Å². The number of benzene rings is 2. The Morgan fingerprint density at radius 1 is 1.12 bits per heavy atom. The molecule has 1 fully saturated rings. The van der Waals surface area contributed by atoms with Crippen molar-refractivity contribution in [2.45, 2.75) is 25.1 Å². The van der Waals surface area contributed by atoms with E-state index >= 15 is 0 Å². The van der Waals surface area contributed by atoms with Gasteiger partial charge in [-0.05, 0) is 24.6 Å². The highest BCUT2D eigenvalue weighted by molar-refractivity contribution is 6.32. The molecular formula is C17H13ClF3NO2. The smallest absolute Gasteiger partial charge is 0.268 e. The highest BCUT2D eigenvalue weighted by Crippen LogP contribution is 2.48. The van der Waals surface area contributed by atoms with Gasteiger partial charge in [0, 0.05) is 10.6 Å². The van der Waals surface area contributed by atoms with Crippen molar-refractivity contribution in [2.75, 3.05) is 5.06 Å². The molecule has 3 nitrogen and oxygen atoms in total. The Morgan fingerprint density at radius 3 is 2.33 bits per heavy atom. The van der Waals surface area contributed by atoms with Gasteiger partial charge in [-0.3, -0.25) is 4.79 Å². The largest absolute Gasteiger partial charge is 0.418 e. The van der Waals surface area contributed by atoms with E-state index in [-0.39, 0.29) is 12.1 Å². The molecule has 1 aliphatic rings. The van der Waals surface area contributed by atoms with Crippen LogP contribution in [0.3, 0.4) is 0 Å². The lowest BCUT2D eigenvalue weighted by molar-refractivity contribution is -0.192. The van der Waals surface area contributed by atoms with Crippen LogP contribution in [-0.4, -0.2) is 5.91 Å². The van der Waals surface area contributed by atoms with Crippen LogP contribution in [0.4, 0.5) is 18.9 Å². The van der Waals surface area contributed by atoms with Gasteiger partial charge in [-0.15, -0.1) is 0 Å². The minimum atomic E-state index is -4.59. The molecule has 0 aromatic heterocycles. The first-order valence-corrected chi connectivity index (χ1v) is 7.64. The van der Waals surface area contributed by atoms with E-state index < -0.39 is 23.2 Å². The Labute approximate surface area is 141 Å². The maximum Gasteiger partial charge on any atom is 0.418 e. The third-order valence-electron chi connectivity index (χ3n) is 4.01. The number of hydroxylamine groups is 1. The second kappa shape index (κ2) is 5.79. The fourth-order valence-electron chi connectivity index (χ4n) is 2.77. The van der Waals surface area contributed by atoms with E-state index in [4.69, 9.17) is 16.4 Å². The van der Waals surface area contributed by atoms with Crippen LogP contribution in [0.5, 0.6) is 0 Å². The van der Waals surface area contributed by atoms with Gasteiger partial charge in [-0.1, -0.05) is 48.9 Å². The number of carbonyl (C=O) groups is 1. The number of amides is 1. The van der Waals surface area contributed by atoms with Crippen molar-refractivity contribution >= 4 is 23.2 Å². The molecular weight excluding hydrogens is 343 g/mol. The predicted octanol–water partition coefficient (Wildman–Crippen LogP) is 4.94. The monoisotopic (exact) mass is 355 g/mol. The molecule has 0 aliphatic carbocycles. The van der Waals surface area contributed by atoms with Crippen molar-refractivity contribution in [3.63, 3.8) is 0 Å². The molecule has 126 valence electrons. The van der Waals surface area contributed by atoms with E-state index in [1.165, 1.54) is 18.2 Å². The summed E-state index contributed by atoms with van der Waals surface area (Å²) in [5, 5.41) is 1.02. The number of rotatable bonds is 3. The average Bonchev–Trinajstić information content (AvgIpc) is 2.55. The van der Waals surface area contributed by atoms with E-state index in [0.717, 1.165) is 6.07 Å². The maximum absolute atomic E-state index is 13.1. The summed E-state index contributed by atoms with van der Waals surface area (Å²) in [4.78, 5) is 18.3. The number of anilines is 1. The average molecular weight is 356 g/mol. The van der Waals surface area contributed by atoms with Crippen molar-refractivity contribution in [1.82, 2.24) is 0 Å². The summed E-state index contributed by atoms with van der Waals surface area (Å²) in [5.74, 6) is -0.574. The summed E-state index contributed by atoms with van der Waals surface area (Å²) < 4.78 is 39.4. The van der Waals surface area contributed by atoms with Crippen LogP contribution in [-0.2, 0) is 21.4 Å². The van der Waals surface area contributed by atoms with Crippen molar-refractivity contribution < 1.29 is 22.8 Å². The van der Waals surface area contributed by atoms with Crippen molar-refractivity contribution in [3.8, 4) is 0 Å². The zero-order valence-electron chi connectivity index (χ0n) is 12.6. The first-order valence-electron chi connectivity index (χ1n) is 7.26. The molecule has 0 N–H and O–H groups in total. The standard InChI is InChI=1S/C17H13ClF3NO2/c1-2-16(11-7-3-5-9-13(11)18)15(23)22(24-16)14-10-6-4-8-12(14)17(19,20)21/h3-10H,2H2,1H3. The lowest BCUT2D eigenvalue weighted by atomic mass is 9.87. The number of carbonyl (C=O) groups excluding carboxylic acids is 1. The molecule has 0 bridgehead atoms. The van der Waals surface area contributed by atoms with Crippen LogP contribution < -0.4 is 5.06 Å². The van der Waals surface area contributed by atoms with Crippen LogP contribution in [0.25, 0.3) is 0 Å². The van der Waals surface area contributed by atoms with Crippen LogP contribution in [0.15, 0.2) is 48.5 Å². The van der Waals surface area contributed by atoms with Gasteiger partial charge >= 0.3 is 6.18 Å². The number of halogens is 4. The Hall–Kier alpha value is -2.05. The highest BCUT2D eigenvalue weighted by atomic mass is 35.5. The Bertz CT molecular complexity index is 793. The first kappa shape index (κ1) is 16.8. The molecule has 1 saturated heterocycles. The SMILES string of the molecule is CCC1(c2ccccc2Cl)ON(c2ccccc2C(F)(F)F)C1=O. The number of hydrogen-bond acceptors (Lipinski definition) is 2. The summed E-state index contributed by atoms with van der Waals surface area (Å²) in [5.41, 5.74) is -2.18. The molecule has 0 spiro atoms. The van der Waals surface area contributed by atoms with Gasteiger partial charge in [0.1, 0.15) is 0 Å². The van der Waals surface area contributed by atoms with Crippen molar-refractivity contribution in [2.24, 2.45) is 0 Å². The summed E-state index contributed by atoms with van der Waals surface area (Å²) in [7, 11) is 0. The van der Waals surface area contributed by atoms with E-state index in [2.05, 4.69) is 0 Å². The van der Waals surface area contributed by atoms with E-state index in [1.54, 1.807) is 31.2 Å². The zero-order chi connectivity index (χ0) is 17.5. The Balaban J connectivity index is 2.00. The molecule has 7 heteroatoms. The number of nitrogens with zero attached hydrogens (tertiary/aromatic N) is 1. The predicted molar refractivity (Wildman–Crippen MR) is 83.4 cm³/mol. The first-order chi connectivity index (χ1) is 11.3. The van der Waals surface area contributed by atoms with Gasteiger partial charge in [-0.25, -0.2) is 4.84 Å². The number of hydrogen-bond donors (Lipinski definition) is 0. The quantitative estimate of drug-likeness (QED) is 0.780. The van der Waals surface area contributed by atoms with Gasteiger partial charge in [0.25, 0.3) is 5.91 Å². The summed E-state index contributed by atoms with van der Waals surface area (Å²) in [6.45, 7) is 1.72. The van der Waals surface area contributed by atoms with E-state index in [0.29, 0.717) is 15.6 Å². The van der Waals surface area contributed by atoms with Gasteiger partial charge in [0.2, 0.25) is 5.60 Å². The maximum atomic E-state index is 13.1. The number of para-hydroxylation sites is 1. The van der Waals surface area contributed by atoms with E-state index in [1.807, 2.05) is 0 Å². The summed E-state index contributed by atoms with van der Waals surface area (Å²) in [6, 6.07) is 11.4. The lowest BCUT2D eigenvalue weighted by Gasteiger charge is -2.47. The molecule has 0 radical (unpaired) electrons. The Morgan fingerprint density at radius 2 is 1.75 bits per heavy atom. The van der Waals surface area contributed by atoms with Crippen LogP contribution >= 0.6 is 11.6 Å². The zero-order valence-corrected chi connectivity index (χ0v) is 13.4. The molecule has 0 saturated carbocycles. The highest BCUT2D eigenvalue weighted by Gasteiger charge is 2.57. The lowest BCUT2D eigenvalue weighted by Crippen LogP contribution is -2.62. The molecule has 1 aliphatic heterocycles. The van der Waals surface area contributed by atoms with Gasteiger partial charge in [0.05, 0.1) is 11.3 Å². The summed E-state index contributed by atoms with van der Waals surface area (Å²) in [6.07, 6.45) is -4.34. The Kier molecular flexibility index (Phi) is 4.05. The molecule has 1 atom stereocenters. The second-order valence-electron chi connectivity index (χ2n) is 5.37. The second-order valence-corrected chi connectivity index (χ2v) is 5.77. The molecule has 1 amide bonds. The summed E-state index contributed by atoms with van der Waals surface area (Å²) >= 11 is 6.13. The van der Waals surface area contributed by atoms with Gasteiger partial charge in [0.15, 0.2) is 0 Å². The molecule has 2 aromatic carbocycles. The molecule has 1 unspecified atom stereocenters. The van der Waals surface area contributed by atoms with Crippen molar-refractivity contribution in [3.05, 3.63) is 64.7 Å². The molecule has 3 rings (SSSR count). The minimum absolute atomic E-state index is 0.250.